The molecule has 0 spiro atoms. The van der Waals surface area contributed by atoms with Crippen LogP contribution in [0.5, 0.6) is 0 Å². The molecule has 4 rings (SSSR count). The van der Waals surface area contributed by atoms with E-state index in [9.17, 15) is 0 Å². The topological polar surface area (TPSA) is 50.1 Å². The predicted octanol–water partition coefficient (Wildman–Crippen LogP) is 2.43. The van der Waals surface area contributed by atoms with Crippen molar-refractivity contribution in [3.63, 3.8) is 0 Å². The van der Waals surface area contributed by atoms with Crippen molar-refractivity contribution in [2.24, 2.45) is 11.8 Å². The second-order valence-electron chi connectivity index (χ2n) is 7.47. The van der Waals surface area contributed by atoms with Gasteiger partial charge in [0.2, 0.25) is 0 Å². The van der Waals surface area contributed by atoms with Crippen LogP contribution in [0.25, 0.3) is 0 Å². The van der Waals surface area contributed by atoms with E-state index in [2.05, 4.69) is 49.5 Å². The third kappa shape index (κ3) is 3.27. The van der Waals surface area contributed by atoms with E-state index in [0.717, 1.165) is 37.2 Å². The first-order valence-corrected chi connectivity index (χ1v) is 9.47. The highest BCUT2D eigenvalue weighted by Crippen LogP contribution is 2.41. The normalized spacial score (nSPS) is 26.1. The van der Waals surface area contributed by atoms with E-state index in [1.807, 2.05) is 12.4 Å². The third-order valence-corrected chi connectivity index (χ3v) is 5.93. The zero-order chi connectivity index (χ0) is 17.2. The molecule has 0 N–H and O–H groups in total. The SMILES string of the molecule is CCCn1ccnc1CN1C[C@H]2CC[C@@H](N(C)c3cnccn3)[C@H]2C1. The quantitative estimate of drug-likeness (QED) is 0.808. The van der Waals surface area contributed by atoms with Crippen molar-refractivity contribution in [1.29, 1.82) is 0 Å². The number of imidazole rings is 1. The second kappa shape index (κ2) is 7.12. The molecule has 0 aromatic carbocycles. The van der Waals surface area contributed by atoms with Gasteiger partial charge in [0.25, 0.3) is 0 Å². The van der Waals surface area contributed by atoms with Crippen molar-refractivity contribution >= 4 is 5.82 Å². The minimum atomic E-state index is 0.571. The van der Waals surface area contributed by atoms with Crippen LogP contribution in [0.15, 0.2) is 31.0 Å². The highest BCUT2D eigenvalue weighted by molar-refractivity contribution is 5.36. The van der Waals surface area contributed by atoms with Crippen molar-refractivity contribution in [3.8, 4) is 0 Å². The van der Waals surface area contributed by atoms with Gasteiger partial charge in [-0.3, -0.25) is 9.88 Å². The van der Waals surface area contributed by atoms with Crippen molar-refractivity contribution in [1.82, 2.24) is 24.4 Å². The summed E-state index contributed by atoms with van der Waals surface area (Å²) in [6.45, 7) is 6.62. The molecule has 6 nitrogen and oxygen atoms in total. The molecule has 0 unspecified atom stereocenters. The Hall–Kier alpha value is -1.95. The van der Waals surface area contributed by atoms with E-state index in [1.165, 1.54) is 31.8 Å². The van der Waals surface area contributed by atoms with Crippen LogP contribution in [-0.2, 0) is 13.1 Å². The van der Waals surface area contributed by atoms with Crippen LogP contribution < -0.4 is 4.90 Å². The molecule has 0 radical (unpaired) electrons. The molecule has 1 saturated heterocycles. The molecule has 0 amide bonds. The Kier molecular flexibility index (Phi) is 4.70. The molecule has 1 saturated carbocycles. The first kappa shape index (κ1) is 16.5. The molecule has 3 heterocycles. The van der Waals surface area contributed by atoms with Crippen LogP contribution in [0, 0.1) is 11.8 Å². The van der Waals surface area contributed by atoms with Crippen molar-refractivity contribution in [2.45, 2.75) is 45.3 Å². The number of nitrogens with zero attached hydrogens (tertiary/aromatic N) is 6. The Morgan fingerprint density at radius 2 is 2.08 bits per heavy atom. The van der Waals surface area contributed by atoms with Crippen LogP contribution >= 0.6 is 0 Å². The van der Waals surface area contributed by atoms with Crippen molar-refractivity contribution in [2.75, 3.05) is 25.0 Å². The van der Waals surface area contributed by atoms with E-state index in [0.29, 0.717) is 6.04 Å². The molecule has 134 valence electrons. The number of likely N-dealkylation sites (tertiary alicyclic amines) is 1. The average molecular weight is 340 g/mol. The van der Waals surface area contributed by atoms with E-state index in [1.54, 1.807) is 12.4 Å². The maximum Gasteiger partial charge on any atom is 0.147 e. The number of hydrogen-bond acceptors (Lipinski definition) is 5. The van der Waals surface area contributed by atoms with Crippen LogP contribution in [0.3, 0.4) is 0 Å². The Morgan fingerprint density at radius 3 is 2.88 bits per heavy atom. The summed E-state index contributed by atoms with van der Waals surface area (Å²) in [4.78, 5) is 18.2. The van der Waals surface area contributed by atoms with E-state index < -0.39 is 0 Å². The molecular formula is C19H28N6. The molecule has 1 aliphatic carbocycles. The maximum atomic E-state index is 4.59. The lowest BCUT2D eigenvalue weighted by molar-refractivity contribution is 0.285. The van der Waals surface area contributed by atoms with Gasteiger partial charge in [-0.1, -0.05) is 6.92 Å². The van der Waals surface area contributed by atoms with Gasteiger partial charge in [0.05, 0.1) is 12.7 Å². The lowest BCUT2D eigenvalue weighted by atomic mass is 9.97. The third-order valence-electron chi connectivity index (χ3n) is 5.93. The van der Waals surface area contributed by atoms with Gasteiger partial charge in [-0.15, -0.1) is 0 Å². The lowest BCUT2D eigenvalue weighted by Crippen LogP contribution is -2.38. The Bertz CT molecular complexity index is 684. The van der Waals surface area contributed by atoms with E-state index in [-0.39, 0.29) is 0 Å². The standard InChI is InChI=1S/C19H28N6/c1-3-9-25-10-8-22-19(25)14-24-12-15-4-5-17(16(15)13-24)23(2)18-11-20-6-7-21-18/h6-8,10-11,15-17H,3-5,9,12-14H2,1-2H3/t15-,16+,17-/m1/s1. The Morgan fingerprint density at radius 1 is 1.16 bits per heavy atom. The van der Waals surface area contributed by atoms with Gasteiger partial charge in [-0.25, -0.2) is 9.97 Å². The van der Waals surface area contributed by atoms with Crippen LogP contribution in [-0.4, -0.2) is 50.6 Å². The van der Waals surface area contributed by atoms with Gasteiger partial charge in [-0.2, -0.15) is 0 Å². The first-order chi connectivity index (χ1) is 12.3. The summed E-state index contributed by atoms with van der Waals surface area (Å²) < 4.78 is 2.30. The molecular weight excluding hydrogens is 312 g/mol. The minimum Gasteiger partial charge on any atom is -0.355 e. The summed E-state index contributed by atoms with van der Waals surface area (Å²) in [5, 5.41) is 0. The molecule has 25 heavy (non-hydrogen) atoms. The molecule has 2 aromatic heterocycles. The summed E-state index contributed by atoms with van der Waals surface area (Å²) in [6, 6.07) is 0.571. The summed E-state index contributed by atoms with van der Waals surface area (Å²) in [7, 11) is 2.17. The van der Waals surface area contributed by atoms with Gasteiger partial charge in [0.1, 0.15) is 11.6 Å². The van der Waals surface area contributed by atoms with Gasteiger partial charge < -0.3 is 9.47 Å². The lowest BCUT2D eigenvalue weighted by Gasteiger charge is -2.30. The first-order valence-electron chi connectivity index (χ1n) is 9.47. The highest BCUT2D eigenvalue weighted by Gasteiger charge is 2.44. The molecule has 6 heteroatoms. The smallest absolute Gasteiger partial charge is 0.147 e. The molecule has 0 bridgehead atoms. The molecule has 1 aliphatic heterocycles. The van der Waals surface area contributed by atoms with Crippen LogP contribution in [0.2, 0.25) is 0 Å². The van der Waals surface area contributed by atoms with Crippen molar-refractivity contribution < 1.29 is 0 Å². The zero-order valence-electron chi connectivity index (χ0n) is 15.3. The van der Waals surface area contributed by atoms with Crippen molar-refractivity contribution in [3.05, 3.63) is 36.8 Å². The fourth-order valence-electron chi connectivity index (χ4n) is 4.72. The van der Waals surface area contributed by atoms with E-state index >= 15 is 0 Å². The number of anilines is 1. The van der Waals surface area contributed by atoms with Crippen LogP contribution in [0.4, 0.5) is 5.82 Å². The Labute approximate surface area is 149 Å². The number of fused-ring (bicyclic) bond motifs is 1. The molecule has 2 aliphatic rings. The van der Waals surface area contributed by atoms with Crippen LogP contribution in [0.1, 0.15) is 32.0 Å². The average Bonchev–Trinajstić information content (AvgIpc) is 3.32. The maximum absolute atomic E-state index is 4.59. The predicted molar refractivity (Wildman–Crippen MR) is 98.2 cm³/mol. The number of hydrogen-bond donors (Lipinski definition) is 0. The second-order valence-corrected chi connectivity index (χ2v) is 7.47. The fourth-order valence-corrected chi connectivity index (χ4v) is 4.72. The summed E-state index contributed by atoms with van der Waals surface area (Å²) in [5.41, 5.74) is 0. The summed E-state index contributed by atoms with van der Waals surface area (Å²) in [6.07, 6.45) is 13.2. The minimum absolute atomic E-state index is 0.571. The molecule has 2 fully saturated rings. The fraction of sp³-hybridized carbons (Fsp3) is 0.632. The van der Waals surface area contributed by atoms with Gasteiger partial charge in [0.15, 0.2) is 0 Å². The number of rotatable bonds is 6. The zero-order valence-corrected chi connectivity index (χ0v) is 15.3. The van der Waals surface area contributed by atoms with Gasteiger partial charge >= 0.3 is 0 Å². The van der Waals surface area contributed by atoms with E-state index in [4.69, 9.17) is 0 Å². The largest absolute Gasteiger partial charge is 0.355 e. The van der Waals surface area contributed by atoms with Gasteiger partial charge in [0, 0.05) is 57.5 Å². The molecule has 2 aromatic rings. The highest BCUT2D eigenvalue weighted by atomic mass is 15.2. The monoisotopic (exact) mass is 340 g/mol. The number of aryl methyl sites for hydroxylation is 1. The number of aromatic nitrogens is 4. The summed E-state index contributed by atoms with van der Waals surface area (Å²) >= 11 is 0. The Balaban J connectivity index is 1.42. The van der Waals surface area contributed by atoms with Gasteiger partial charge in [-0.05, 0) is 31.1 Å². The molecule has 3 atom stereocenters. The summed E-state index contributed by atoms with van der Waals surface area (Å²) in [5.74, 6) is 3.73.